The Morgan fingerprint density at radius 3 is 2.37 bits per heavy atom. The summed E-state index contributed by atoms with van der Waals surface area (Å²) in [6.07, 6.45) is 2.41. The summed E-state index contributed by atoms with van der Waals surface area (Å²) in [7, 11) is 1.64. The van der Waals surface area contributed by atoms with Gasteiger partial charge in [0.15, 0.2) is 5.78 Å². The smallest absolute Gasteiger partial charge is 0.235 e. The molecule has 1 amide bonds. The first-order valence-electron chi connectivity index (χ1n) is 9.90. The lowest BCUT2D eigenvalue weighted by Crippen LogP contribution is -2.50. The van der Waals surface area contributed by atoms with Gasteiger partial charge in [-0.25, -0.2) is 8.78 Å². The monoisotopic (exact) mass is 433 g/mol. The third-order valence-corrected chi connectivity index (χ3v) is 6.73. The Hall–Kier alpha value is -2.31. The summed E-state index contributed by atoms with van der Waals surface area (Å²) in [5.41, 5.74) is 0.423. The van der Waals surface area contributed by atoms with Gasteiger partial charge in [-0.3, -0.25) is 9.59 Å². The van der Waals surface area contributed by atoms with E-state index in [2.05, 4.69) is 5.32 Å². The SMILES string of the molecule is COC1CCC2(CC1)NC(=O)C(c1cc(-c3ccc(Cl)c(F)c3)cc(F)c1C)C2=O. The highest BCUT2D eigenvalue weighted by Gasteiger charge is 2.54. The number of carbonyl (C=O) groups is 2. The van der Waals surface area contributed by atoms with Crippen molar-refractivity contribution in [3.63, 3.8) is 0 Å². The quantitative estimate of drug-likeness (QED) is 0.713. The molecule has 2 aromatic carbocycles. The van der Waals surface area contributed by atoms with Crippen molar-refractivity contribution in [2.24, 2.45) is 0 Å². The molecule has 1 atom stereocenters. The predicted octanol–water partition coefficient (Wildman–Crippen LogP) is 4.70. The number of ketones is 1. The Labute approximate surface area is 178 Å². The molecule has 1 unspecified atom stereocenters. The molecule has 1 aliphatic heterocycles. The highest BCUT2D eigenvalue weighted by molar-refractivity contribution is 6.30. The van der Waals surface area contributed by atoms with E-state index in [4.69, 9.17) is 16.3 Å². The number of hydrogen-bond donors (Lipinski definition) is 1. The molecular weight excluding hydrogens is 412 g/mol. The maximum atomic E-state index is 14.8. The van der Waals surface area contributed by atoms with E-state index in [1.165, 1.54) is 18.2 Å². The number of amides is 1. The molecule has 2 fully saturated rings. The number of carbonyl (C=O) groups excluding carboxylic acids is 2. The first-order valence-corrected chi connectivity index (χ1v) is 10.3. The summed E-state index contributed by atoms with van der Waals surface area (Å²) in [6.45, 7) is 1.55. The van der Waals surface area contributed by atoms with Crippen LogP contribution in [0.2, 0.25) is 5.02 Å². The van der Waals surface area contributed by atoms with Gasteiger partial charge in [0.05, 0.1) is 16.7 Å². The van der Waals surface area contributed by atoms with Crippen LogP contribution in [0.15, 0.2) is 30.3 Å². The minimum absolute atomic E-state index is 0.0366. The van der Waals surface area contributed by atoms with Gasteiger partial charge in [0, 0.05) is 7.11 Å². The molecule has 1 N–H and O–H groups in total. The number of Topliss-reactive ketones (excluding diaryl/α,β-unsaturated/α-hetero) is 1. The number of halogens is 3. The molecule has 2 aromatic rings. The van der Waals surface area contributed by atoms with E-state index >= 15 is 0 Å². The van der Waals surface area contributed by atoms with Crippen LogP contribution in [0, 0.1) is 18.6 Å². The Bertz CT molecular complexity index is 1030. The summed E-state index contributed by atoms with van der Waals surface area (Å²) < 4.78 is 34.1. The van der Waals surface area contributed by atoms with Crippen molar-refractivity contribution in [2.45, 2.75) is 50.2 Å². The van der Waals surface area contributed by atoms with Gasteiger partial charge < -0.3 is 10.1 Å². The summed E-state index contributed by atoms with van der Waals surface area (Å²) in [6, 6.07) is 7.05. The van der Waals surface area contributed by atoms with Gasteiger partial charge in [0.25, 0.3) is 0 Å². The molecule has 4 rings (SSSR count). The summed E-state index contributed by atoms with van der Waals surface area (Å²) in [4.78, 5) is 26.2. The van der Waals surface area contributed by atoms with Crippen LogP contribution in [-0.2, 0) is 14.3 Å². The summed E-state index contributed by atoms with van der Waals surface area (Å²) >= 11 is 5.75. The van der Waals surface area contributed by atoms with Crippen molar-refractivity contribution in [3.05, 3.63) is 58.1 Å². The predicted molar refractivity (Wildman–Crippen MR) is 109 cm³/mol. The molecule has 0 radical (unpaired) electrons. The lowest BCUT2D eigenvalue weighted by Gasteiger charge is -2.35. The van der Waals surface area contributed by atoms with Gasteiger partial charge in [0.2, 0.25) is 5.91 Å². The zero-order valence-corrected chi connectivity index (χ0v) is 17.5. The minimum Gasteiger partial charge on any atom is -0.381 e. The van der Waals surface area contributed by atoms with E-state index in [1.807, 2.05) is 0 Å². The van der Waals surface area contributed by atoms with E-state index in [0.717, 1.165) is 0 Å². The highest BCUT2D eigenvalue weighted by atomic mass is 35.5. The third kappa shape index (κ3) is 3.42. The number of nitrogens with one attached hydrogen (secondary N) is 1. The van der Waals surface area contributed by atoms with Crippen LogP contribution in [0.3, 0.4) is 0 Å². The molecule has 1 saturated heterocycles. The molecule has 158 valence electrons. The standard InChI is InChI=1S/C23H22ClF2NO3/c1-12-16(9-14(11-18(12)25)13-3-4-17(24)19(26)10-13)20-21(28)23(27-22(20)29)7-5-15(30-2)6-8-23/h3-4,9-11,15,20H,5-8H2,1-2H3,(H,27,29). The van der Waals surface area contributed by atoms with Crippen LogP contribution >= 0.6 is 11.6 Å². The van der Waals surface area contributed by atoms with Crippen molar-refractivity contribution in [1.82, 2.24) is 5.32 Å². The van der Waals surface area contributed by atoms with E-state index in [9.17, 15) is 18.4 Å². The molecule has 30 heavy (non-hydrogen) atoms. The average molecular weight is 434 g/mol. The van der Waals surface area contributed by atoms with Gasteiger partial charge in [-0.05, 0) is 79.1 Å². The van der Waals surface area contributed by atoms with Crippen molar-refractivity contribution < 1.29 is 23.1 Å². The summed E-state index contributed by atoms with van der Waals surface area (Å²) in [5, 5.41) is 2.85. The summed E-state index contributed by atoms with van der Waals surface area (Å²) in [5.74, 6) is -2.92. The third-order valence-electron chi connectivity index (χ3n) is 6.43. The van der Waals surface area contributed by atoms with Crippen LogP contribution in [0.4, 0.5) is 8.78 Å². The van der Waals surface area contributed by atoms with E-state index in [1.54, 1.807) is 26.2 Å². The molecule has 2 aliphatic rings. The fourth-order valence-electron chi connectivity index (χ4n) is 4.58. The van der Waals surface area contributed by atoms with Gasteiger partial charge in [0.1, 0.15) is 17.6 Å². The van der Waals surface area contributed by atoms with Crippen LogP contribution in [0.5, 0.6) is 0 Å². The van der Waals surface area contributed by atoms with Crippen molar-refractivity contribution in [1.29, 1.82) is 0 Å². The van der Waals surface area contributed by atoms with Crippen molar-refractivity contribution >= 4 is 23.3 Å². The van der Waals surface area contributed by atoms with Crippen LogP contribution in [0.1, 0.15) is 42.7 Å². The van der Waals surface area contributed by atoms with E-state index in [-0.39, 0.29) is 22.5 Å². The topological polar surface area (TPSA) is 55.4 Å². The normalized spacial score (nSPS) is 26.3. The maximum Gasteiger partial charge on any atom is 0.235 e. The molecule has 0 aromatic heterocycles. The first-order chi connectivity index (χ1) is 14.3. The molecular formula is C23H22ClF2NO3. The molecule has 1 spiro atoms. The number of ether oxygens (including phenoxy) is 1. The molecule has 7 heteroatoms. The molecule has 0 bridgehead atoms. The Morgan fingerprint density at radius 1 is 1.07 bits per heavy atom. The lowest BCUT2D eigenvalue weighted by atomic mass is 9.75. The van der Waals surface area contributed by atoms with Gasteiger partial charge >= 0.3 is 0 Å². The second kappa shape index (κ2) is 7.75. The maximum absolute atomic E-state index is 14.8. The number of benzene rings is 2. The zero-order valence-electron chi connectivity index (χ0n) is 16.7. The first kappa shape index (κ1) is 20.9. The lowest BCUT2D eigenvalue weighted by molar-refractivity contribution is -0.126. The molecule has 1 heterocycles. The average Bonchev–Trinajstić information content (AvgIpc) is 2.96. The number of methoxy groups -OCH3 is 1. The van der Waals surface area contributed by atoms with Crippen molar-refractivity contribution in [3.8, 4) is 11.1 Å². The minimum atomic E-state index is -1.09. The Morgan fingerprint density at radius 2 is 1.73 bits per heavy atom. The second-order valence-electron chi connectivity index (χ2n) is 8.10. The molecule has 4 nitrogen and oxygen atoms in total. The highest BCUT2D eigenvalue weighted by Crippen LogP contribution is 2.41. The Balaban J connectivity index is 1.73. The molecule has 1 aliphatic carbocycles. The van der Waals surface area contributed by atoms with E-state index < -0.39 is 29.0 Å². The van der Waals surface area contributed by atoms with E-state index in [0.29, 0.717) is 42.4 Å². The van der Waals surface area contributed by atoms with Crippen LogP contribution < -0.4 is 5.32 Å². The van der Waals surface area contributed by atoms with Crippen LogP contribution in [0.25, 0.3) is 11.1 Å². The van der Waals surface area contributed by atoms with Crippen molar-refractivity contribution in [2.75, 3.05) is 7.11 Å². The van der Waals surface area contributed by atoms with Gasteiger partial charge in [-0.1, -0.05) is 17.7 Å². The zero-order chi connectivity index (χ0) is 21.6. The van der Waals surface area contributed by atoms with Gasteiger partial charge in [-0.2, -0.15) is 0 Å². The largest absolute Gasteiger partial charge is 0.381 e. The molecule has 1 saturated carbocycles. The fraction of sp³-hybridized carbons (Fsp3) is 0.391. The fourth-order valence-corrected chi connectivity index (χ4v) is 4.70. The second-order valence-corrected chi connectivity index (χ2v) is 8.51. The number of hydrogen-bond acceptors (Lipinski definition) is 3. The Kier molecular flexibility index (Phi) is 5.41. The van der Waals surface area contributed by atoms with Crippen LogP contribution in [-0.4, -0.2) is 30.4 Å². The van der Waals surface area contributed by atoms with Gasteiger partial charge in [-0.15, -0.1) is 0 Å². The number of rotatable bonds is 3.